The highest BCUT2D eigenvalue weighted by atomic mass is 32.2. The summed E-state index contributed by atoms with van der Waals surface area (Å²) in [5, 5.41) is 11.8. The summed E-state index contributed by atoms with van der Waals surface area (Å²) in [6.45, 7) is 4.12. The molecule has 1 aromatic heterocycles. The van der Waals surface area contributed by atoms with Crippen LogP contribution in [0.5, 0.6) is 5.75 Å². The fourth-order valence-corrected chi connectivity index (χ4v) is 3.45. The lowest BCUT2D eigenvalue weighted by molar-refractivity contribution is -0.301. The molecule has 0 aliphatic heterocycles. The summed E-state index contributed by atoms with van der Waals surface area (Å²) < 4.78 is 5.29. The Morgan fingerprint density at radius 2 is 2.18 bits per heavy atom. The van der Waals surface area contributed by atoms with E-state index in [1.807, 2.05) is 25.1 Å². The molecule has 0 unspecified atom stereocenters. The molecule has 4 nitrogen and oxygen atoms in total. The van der Waals surface area contributed by atoms with Gasteiger partial charge in [0.2, 0.25) is 0 Å². The van der Waals surface area contributed by atoms with Gasteiger partial charge in [-0.3, -0.25) is 4.98 Å². The number of nitrogens with zero attached hydrogens (tertiary/aromatic N) is 1. The van der Waals surface area contributed by atoms with Crippen molar-refractivity contribution in [3.05, 3.63) is 29.5 Å². The highest BCUT2D eigenvalue weighted by Gasteiger charge is 2.14. The van der Waals surface area contributed by atoms with Gasteiger partial charge in [0.05, 0.1) is 18.6 Å². The maximum Gasteiger partial charge on any atom is 0.119 e. The Morgan fingerprint density at radius 3 is 2.82 bits per heavy atom. The quantitative estimate of drug-likeness (QED) is 0.735. The van der Waals surface area contributed by atoms with Crippen LogP contribution in [-0.2, 0) is 11.2 Å². The predicted molar refractivity (Wildman–Crippen MR) is 87.4 cm³/mol. The molecule has 1 aromatic carbocycles. The van der Waals surface area contributed by atoms with E-state index in [1.165, 1.54) is 11.8 Å². The van der Waals surface area contributed by atoms with Crippen molar-refractivity contribution in [3.63, 3.8) is 0 Å². The van der Waals surface area contributed by atoms with Gasteiger partial charge in [-0.2, -0.15) is 0 Å². The van der Waals surface area contributed by atoms with Crippen molar-refractivity contribution >= 4 is 28.6 Å². The van der Waals surface area contributed by atoms with Crippen LogP contribution in [0.2, 0.25) is 0 Å². The van der Waals surface area contributed by atoms with Gasteiger partial charge in [-0.1, -0.05) is 13.3 Å². The van der Waals surface area contributed by atoms with Crippen molar-refractivity contribution in [2.45, 2.75) is 38.0 Å². The van der Waals surface area contributed by atoms with Gasteiger partial charge < -0.3 is 14.6 Å². The molecule has 0 bridgehead atoms. The first-order chi connectivity index (χ1) is 10.6. The number of aryl methyl sites for hydroxylation is 1. The number of rotatable bonds is 7. The van der Waals surface area contributed by atoms with Gasteiger partial charge in [-0.15, -0.1) is 11.8 Å². The molecular weight excluding hydrogens is 298 g/mol. The summed E-state index contributed by atoms with van der Waals surface area (Å²) in [6.07, 6.45) is 3.04. The first-order valence-electron chi connectivity index (χ1n) is 7.36. The van der Waals surface area contributed by atoms with E-state index in [4.69, 9.17) is 4.74 Å². The normalized spacial score (nSPS) is 10.9. The third-order valence-corrected chi connectivity index (χ3v) is 4.70. The fraction of sp³-hybridized carbons (Fsp3) is 0.412. The molecule has 0 spiro atoms. The third-order valence-electron chi connectivity index (χ3n) is 3.56. The molecule has 0 saturated heterocycles. The molecule has 0 aliphatic rings. The van der Waals surface area contributed by atoms with Crippen LogP contribution in [0, 0.1) is 6.92 Å². The number of fused-ring (bicyclic) bond motifs is 1. The summed E-state index contributed by atoms with van der Waals surface area (Å²) in [4.78, 5) is 16.5. The number of hydrogen-bond acceptors (Lipinski definition) is 5. The van der Waals surface area contributed by atoms with Gasteiger partial charge in [0.1, 0.15) is 5.75 Å². The van der Waals surface area contributed by atoms with Crippen LogP contribution in [0.4, 0.5) is 0 Å². The topological polar surface area (TPSA) is 62.2 Å². The van der Waals surface area contributed by atoms with E-state index in [0.29, 0.717) is 0 Å². The number of pyridine rings is 1. The molecule has 0 radical (unpaired) electrons. The van der Waals surface area contributed by atoms with Gasteiger partial charge in [-0.25, -0.2) is 0 Å². The number of aliphatic carboxylic acids is 1. The second kappa shape index (κ2) is 7.49. The zero-order chi connectivity index (χ0) is 16.1. The standard InChI is InChI=1S/C17H21NO3S/c1-4-5-6-13-11(2)18-15-8-7-12(21-3)9-14(15)17(13)22-10-16(19)20/h7-9H,4-6,10H2,1-3H3,(H,19,20)/p-1. The number of methoxy groups -OCH3 is 1. The molecule has 0 amide bonds. The second-order valence-corrected chi connectivity index (χ2v) is 6.14. The number of hydrogen-bond donors (Lipinski definition) is 0. The van der Waals surface area contributed by atoms with Crippen LogP contribution in [0.3, 0.4) is 0 Å². The molecule has 0 saturated carbocycles. The molecule has 0 N–H and O–H groups in total. The molecule has 2 rings (SSSR count). The summed E-state index contributed by atoms with van der Waals surface area (Å²) in [5.41, 5.74) is 2.96. The Morgan fingerprint density at radius 1 is 1.41 bits per heavy atom. The van der Waals surface area contributed by atoms with E-state index in [2.05, 4.69) is 11.9 Å². The van der Waals surface area contributed by atoms with Crippen molar-refractivity contribution in [1.82, 2.24) is 4.98 Å². The van der Waals surface area contributed by atoms with Crippen molar-refractivity contribution in [3.8, 4) is 5.75 Å². The Hall–Kier alpha value is -1.75. The van der Waals surface area contributed by atoms with Gasteiger partial charge in [0.15, 0.2) is 0 Å². The van der Waals surface area contributed by atoms with Crippen molar-refractivity contribution in [2.75, 3.05) is 12.9 Å². The minimum absolute atomic E-state index is 0.0606. The van der Waals surface area contributed by atoms with Crippen LogP contribution < -0.4 is 9.84 Å². The predicted octanol–water partition coefficient (Wildman–Crippen LogP) is 2.74. The average Bonchev–Trinajstić information content (AvgIpc) is 2.50. The Balaban J connectivity index is 2.59. The molecule has 5 heteroatoms. The highest BCUT2D eigenvalue weighted by Crippen LogP contribution is 2.35. The number of carbonyl (C=O) groups excluding carboxylic acids is 1. The summed E-state index contributed by atoms with van der Waals surface area (Å²) in [5.74, 6) is -0.374. The summed E-state index contributed by atoms with van der Waals surface area (Å²) in [7, 11) is 1.62. The van der Waals surface area contributed by atoms with Crippen molar-refractivity contribution in [1.29, 1.82) is 0 Å². The van der Waals surface area contributed by atoms with Crippen LogP contribution in [0.25, 0.3) is 10.9 Å². The number of unbranched alkanes of at least 4 members (excludes halogenated alkanes) is 1. The van der Waals surface area contributed by atoms with Crippen molar-refractivity contribution in [2.24, 2.45) is 0 Å². The first kappa shape index (κ1) is 16.6. The van der Waals surface area contributed by atoms with Gasteiger partial charge in [-0.05, 0) is 43.5 Å². The molecular formula is C17H20NO3S-. The number of aromatic nitrogens is 1. The van der Waals surface area contributed by atoms with Crippen molar-refractivity contribution < 1.29 is 14.6 Å². The molecule has 1 heterocycles. The van der Waals surface area contributed by atoms with E-state index in [9.17, 15) is 9.90 Å². The lowest BCUT2D eigenvalue weighted by Gasteiger charge is -2.16. The molecule has 0 fully saturated rings. The van der Waals surface area contributed by atoms with Gasteiger partial charge >= 0.3 is 0 Å². The third kappa shape index (κ3) is 3.71. The van der Waals surface area contributed by atoms with E-state index in [0.717, 1.165) is 52.1 Å². The minimum Gasteiger partial charge on any atom is -0.549 e. The van der Waals surface area contributed by atoms with Gasteiger partial charge in [0.25, 0.3) is 0 Å². The molecule has 0 atom stereocenters. The largest absolute Gasteiger partial charge is 0.549 e. The average molecular weight is 318 g/mol. The first-order valence-corrected chi connectivity index (χ1v) is 8.35. The van der Waals surface area contributed by atoms with Crippen LogP contribution in [-0.4, -0.2) is 23.8 Å². The lowest BCUT2D eigenvalue weighted by atomic mass is 10.0. The molecule has 2 aromatic rings. The Labute approximate surface area is 134 Å². The number of benzene rings is 1. The smallest absolute Gasteiger partial charge is 0.119 e. The zero-order valence-electron chi connectivity index (χ0n) is 13.1. The highest BCUT2D eigenvalue weighted by molar-refractivity contribution is 8.00. The van der Waals surface area contributed by atoms with Crippen LogP contribution in [0.1, 0.15) is 31.0 Å². The SMILES string of the molecule is CCCCc1c(C)nc2ccc(OC)cc2c1SCC(=O)[O-]. The number of carboxylic acid groups (broad SMARTS) is 1. The number of thioether (sulfide) groups is 1. The van der Waals surface area contributed by atoms with Crippen LogP contribution in [0.15, 0.2) is 23.1 Å². The Kier molecular flexibility index (Phi) is 5.66. The summed E-state index contributed by atoms with van der Waals surface area (Å²) in [6, 6.07) is 5.70. The number of carboxylic acids is 1. The number of ether oxygens (including phenoxy) is 1. The van der Waals surface area contributed by atoms with E-state index in [-0.39, 0.29) is 5.75 Å². The van der Waals surface area contributed by atoms with E-state index in [1.54, 1.807) is 7.11 Å². The number of carbonyl (C=O) groups is 1. The maximum absolute atomic E-state index is 10.9. The molecule has 22 heavy (non-hydrogen) atoms. The summed E-state index contributed by atoms with van der Waals surface area (Å²) >= 11 is 1.31. The second-order valence-electron chi connectivity index (χ2n) is 5.15. The van der Waals surface area contributed by atoms with E-state index >= 15 is 0 Å². The maximum atomic E-state index is 10.9. The lowest BCUT2D eigenvalue weighted by Crippen LogP contribution is -2.24. The zero-order valence-corrected chi connectivity index (χ0v) is 14.0. The minimum atomic E-state index is -1.06. The fourth-order valence-electron chi connectivity index (χ4n) is 2.44. The van der Waals surface area contributed by atoms with Gasteiger partial charge in [0, 0.05) is 21.7 Å². The van der Waals surface area contributed by atoms with Crippen LogP contribution >= 0.6 is 11.8 Å². The monoisotopic (exact) mass is 318 g/mol. The Bertz CT molecular complexity index is 685. The van der Waals surface area contributed by atoms with E-state index < -0.39 is 5.97 Å². The molecule has 0 aliphatic carbocycles. The molecule has 118 valence electrons.